The summed E-state index contributed by atoms with van der Waals surface area (Å²) in [5, 5.41) is 13.9. The van der Waals surface area contributed by atoms with Gasteiger partial charge in [0.05, 0.1) is 24.8 Å². The molecule has 1 aromatic carbocycles. The molecule has 1 aliphatic heterocycles. The number of nitrogens with zero attached hydrogens (tertiary/aromatic N) is 5. The van der Waals surface area contributed by atoms with Crippen molar-refractivity contribution in [3.8, 4) is 0 Å². The highest BCUT2D eigenvalue weighted by molar-refractivity contribution is 5.83. The fourth-order valence-corrected chi connectivity index (χ4v) is 5.21. The predicted molar refractivity (Wildman–Crippen MR) is 118 cm³/mol. The molecule has 3 aromatic rings. The van der Waals surface area contributed by atoms with Gasteiger partial charge in [0, 0.05) is 18.7 Å². The van der Waals surface area contributed by atoms with Crippen LogP contribution < -0.4 is 5.56 Å². The largest absolute Gasteiger partial charge is 0.379 e. The first-order valence-electron chi connectivity index (χ1n) is 11.4. The highest BCUT2D eigenvalue weighted by Gasteiger charge is 2.33. The number of benzene rings is 1. The molecule has 2 fully saturated rings. The van der Waals surface area contributed by atoms with Gasteiger partial charge in [0.25, 0.3) is 5.56 Å². The van der Waals surface area contributed by atoms with E-state index in [1.165, 1.54) is 24.8 Å². The molecule has 8 nitrogen and oxygen atoms in total. The molecule has 1 aliphatic carbocycles. The Morgan fingerprint density at radius 1 is 1.10 bits per heavy atom. The van der Waals surface area contributed by atoms with Gasteiger partial charge >= 0.3 is 0 Å². The van der Waals surface area contributed by atoms with Gasteiger partial charge in [-0.3, -0.25) is 9.69 Å². The third kappa shape index (κ3) is 3.90. The minimum atomic E-state index is -0.296. The van der Waals surface area contributed by atoms with Crippen LogP contribution in [0.15, 0.2) is 23.0 Å². The van der Waals surface area contributed by atoms with E-state index in [0.717, 1.165) is 48.2 Å². The minimum absolute atomic E-state index is 0.0749. The molecule has 1 atom stereocenters. The van der Waals surface area contributed by atoms with E-state index < -0.39 is 0 Å². The summed E-state index contributed by atoms with van der Waals surface area (Å²) < 4.78 is 7.59. The van der Waals surface area contributed by atoms with Gasteiger partial charge in [-0.25, -0.2) is 4.68 Å². The van der Waals surface area contributed by atoms with Gasteiger partial charge in [-0.1, -0.05) is 30.9 Å². The first-order chi connectivity index (χ1) is 15.1. The molecule has 1 saturated heterocycles. The van der Waals surface area contributed by atoms with Gasteiger partial charge < -0.3 is 9.72 Å². The Balaban J connectivity index is 1.65. The van der Waals surface area contributed by atoms with Crippen LogP contribution in [0.1, 0.15) is 66.7 Å². The molecular weight excluding hydrogens is 392 g/mol. The maximum absolute atomic E-state index is 13.3. The van der Waals surface area contributed by atoms with E-state index in [0.29, 0.717) is 24.8 Å². The number of aromatic amines is 1. The van der Waals surface area contributed by atoms with Crippen molar-refractivity contribution in [2.45, 2.75) is 58.0 Å². The maximum Gasteiger partial charge on any atom is 0.253 e. The molecule has 0 unspecified atom stereocenters. The highest BCUT2D eigenvalue weighted by atomic mass is 16.5. The zero-order chi connectivity index (χ0) is 21.4. The smallest absolute Gasteiger partial charge is 0.253 e. The summed E-state index contributed by atoms with van der Waals surface area (Å²) >= 11 is 0. The van der Waals surface area contributed by atoms with Gasteiger partial charge in [-0.2, -0.15) is 0 Å². The summed E-state index contributed by atoms with van der Waals surface area (Å²) in [6.45, 7) is 6.89. The normalized spacial score (nSPS) is 19.7. The van der Waals surface area contributed by atoms with Crippen molar-refractivity contribution in [2.75, 3.05) is 26.3 Å². The zero-order valence-electron chi connectivity index (χ0n) is 18.3. The lowest BCUT2D eigenvalue weighted by Gasteiger charge is -2.34. The topological polar surface area (TPSA) is 88.9 Å². The summed E-state index contributed by atoms with van der Waals surface area (Å²) in [4.78, 5) is 18.8. The van der Waals surface area contributed by atoms with Gasteiger partial charge in [0.1, 0.15) is 6.04 Å². The van der Waals surface area contributed by atoms with E-state index in [4.69, 9.17) is 4.74 Å². The molecule has 31 heavy (non-hydrogen) atoms. The number of tetrazole rings is 1. The van der Waals surface area contributed by atoms with Crippen LogP contribution in [0.3, 0.4) is 0 Å². The van der Waals surface area contributed by atoms with Crippen LogP contribution in [0.25, 0.3) is 10.9 Å². The van der Waals surface area contributed by atoms with Crippen molar-refractivity contribution in [3.05, 3.63) is 51.1 Å². The lowest BCUT2D eigenvalue weighted by Crippen LogP contribution is -2.42. The molecule has 0 radical (unpaired) electrons. The van der Waals surface area contributed by atoms with Crippen molar-refractivity contribution < 1.29 is 4.74 Å². The standard InChI is InChI=1S/C23H30N6O2/c1-15-12-16(2)20-17(13-15)14-19(23(30)24-20)21(28-8-10-31-11-9-28)22-25-26-27-29(22)18-6-4-3-5-7-18/h12-14,18,21H,3-11H2,1-2H3,(H,24,30)/t21-/m1/s1. The van der Waals surface area contributed by atoms with E-state index in [1.807, 2.05) is 17.7 Å². The maximum atomic E-state index is 13.3. The summed E-state index contributed by atoms with van der Waals surface area (Å²) in [6, 6.07) is 6.26. The van der Waals surface area contributed by atoms with Crippen LogP contribution >= 0.6 is 0 Å². The van der Waals surface area contributed by atoms with Crippen LogP contribution in [0.4, 0.5) is 0 Å². The van der Waals surface area contributed by atoms with Crippen molar-refractivity contribution >= 4 is 10.9 Å². The number of hydrogen-bond donors (Lipinski definition) is 1. The fourth-order valence-electron chi connectivity index (χ4n) is 5.21. The van der Waals surface area contributed by atoms with Crippen molar-refractivity contribution in [2.24, 2.45) is 0 Å². The van der Waals surface area contributed by atoms with Crippen molar-refractivity contribution in [1.82, 2.24) is 30.1 Å². The number of aromatic nitrogens is 5. The molecular formula is C23H30N6O2. The Bertz CT molecular complexity index is 1120. The second-order valence-electron chi connectivity index (χ2n) is 8.92. The highest BCUT2D eigenvalue weighted by Crippen LogP contribution is 2.33. The Morgan fingerprint density at radius 3 is 2.65 bits per heavy atom. The molecule has 0 amide bonds. The minimum Gasteiger partial charge on any atom is -0.379 e. The molecule has 1 saturated carbocycles. The number of nitrogens with one attached hydrogen (secondary N) is 1. The van der Waals surface area contributed by atoms with E-state index in [9.17, 15) is 4.79 Å². The number of aryl methyl sites for hydroxylation is 2. The van der Waals surface area contributed by atoms with E-state index in [1.54, 1.807) is 0 Å². The first kappa shape index (κ1) is 20.3. The number of morpholine rings is 1. The van der Waals surface area contributed by atoms with E-state index >= 15 is 0 Å². The van der Waals surface area contributed by atoms with Gasteiger partial charge in [0.15, 0.2) is 5.82 Å². The Kier molecular flexibility index (Phi) is 5.58. The van der Waals surface area contributed by atoms with Crippen LogP contribution in [-0.4, -0.2) is 56.4 Å². The van der Waals surface area contributed by atoms with Gasteiger partial charge in [-0.15, -0.1) is 5.10 Å². The van der Waals surface area contributed by atoms with Crippen LogP contribution in [0, 0.1) is 13.8 Å². The molecule has 3 heterocycles. The molecule has 0 spiro atoms. The van der Waals surface area contributed by atoms with E-state index in [-0.39, 0.29) is 11.6 Å². The number of hydrogen-bond acceptors (Lipinski definition) is 6. The van der Waals surface area contributed by atoms with Gasteiger partial charge in [-0.05, 0) is 60.2 Å². The summed E-state index contributed by atoms with van der Waals surface area (Å²) in [5.41, 5.74) is 3.78. The third-order valence-electron chi connectivity index (χ3n) is 6.71. The van der Waals surface area contributed by atoms with E-state index in [2.05, 4.69) is 44.5 Å². The lowest BCUT2D eigenvalue weighted by atomic mass is 9.95. The van der Waals surface area contributed by atoms with Crippen LogP contribution in [-0.2, 0) is 4.74 Å². The van der Waals surface area contributed by atoms with Gasteiger partial charge in [0.2, 0.25) is 0 Å². The molecule has 1 N–H and O–H groups in total. The monoisotopic (exact) mass is 422 g/mol. The summed E-state index contributed by atoms with van der Waals surface area (Å²) in [5.74, 6) is 0.767. The molecule has 8 heteroatoms. The molecule has 164 valence electrons. The second kappa shape index (κ2) is 8.51. The lowest BCUT2D eigenvalue weighted by molar-refractivity contribution is 0.0209. The predicted octanol–water partition coefficient (Wildman–Crippen LogP) is 3.06. The average Bonchev–Trinajstić information content (AvgIpc) is 3.26. The summed E-state index contributed by atoms with van der Waals surface area (Å²) in [6.07, 6.45) is 5.83. The molecule has 5 rings (SSSR count). The van der Waals surface area contributed by atoms with Crippen molar-refractivity contribution in [3.63, 3.8) is 0 Å². The number of H-pyrrole nitrogens is 1. The Morgan fingerprint density at radius 2 is 1.87 bits per heavy atom. The zero-order valence-corrected chi connectivity index (χ0v) is 18.3. The quantitative estimate of drug-likeness (QED) is 0.695. The summed E-state index contributed by atoms with van der Waals surface area (Å²) in [7, 11) is 0. The molecule has 2 aliphatic rings. The number of pyridine rings is 1. The molecule has 0 bridgehead atoms. The average molecular weight is 423 g/mol. The molecule has 2 aromatic heterocycles. The first-order valence-corrected chi connectivity index (χ1v) is 11.4. The van der Waals surface area contributed by atoms with Crippen LogP contribution in [0.2, 0.25) is 0 Å². The number of rotatable bonds is 4. The van der Waals surface area contributed by atoms with Crippen LogP contribution in [0.5, 0.6) is 0 Å². The van der Waals surface area contributed by atoms with Crippen molar-refractivity contribution in [1.29, 1.82) is 0 Å². The second-order valence-corrected chi connectivity index (χ2v) is 8.92. The SMILES string of the molecule is Cc1cc(C)c2[nH]c(=O)c([C@H](c3nnnn3C3CCCCC3)N3CCOCC3)cc2c1. The third-order valence-corrected chi connectivity index (χ3v) is 6.71. The fraction of sp³-hybridized carbons (Fsp3) is 0.565. The Labute approximate surface area is 181 Å². The Hall–Kier alpha value is -2.58. The number of ether oxygens (including phenoxy) is 1. The number of fused-ring (bicyclic) bond motifs is 1.